The minimum absolute atomic E-state index is 0.226. The fourth-order valence-corrected chi connectivity index (χ4v) is 5.67. The number of hydrazone groups is 1. The van der Waals surface area contributed by atoms with Crippen molar-refractivity contribution in [1.82, 2.24) is 5.01 Å². The Kier molecular flexibility index (Phi) is 4.56. The standard InChI is InChI=1S/C22H27N3O2S/c1-3-11-24-12-9-22(10-13-24)25-18(15-17(23-25)20-8-5-14-28-20)16-6-4-7-19(26-2)21(16)27-22/h4-8,14,18H,3,9-13,15H2,1-2H3/p+1/t18-/m1/s1. The van der Waals surface area contributed by atoms with Gasteiger partial charge in [-0.1, -0.05) is 25.1 Å². The molecule has 0 amide bonds. The molecular weight excluding hydrogens is 370 g/mol. The van der Waals surface area contributed by atoms with E-state index in [-0.39, 0.29) is 11.8 Å². The molecule has 1 aromatic carbocycles. The number of para-hydroxylation sites is 1. The molecule has 148 valence electrons. The Morgan fingerprint density at radius 2 is 2.14 bits per heavy atom. The van der Waals surface area contributed by atoms with E-state index in [0.717, 1.165) is 43.9 Å². The van der Waals surface area contributed by atoms with Crippen LogP contribution in [0.25, 0.3) is 0 Å². The summed E-state index contributed by atoms with van der Waals surface area (Å²) in [6.07, 6.45) is 4.15. The first-order chi connectivity index (χ1) is 13.7. The molecule has 1 atom stereocenters. The van der Waals surface area contributed by atoms with E-state index in [1.165, 1.54) is 29.1 Å². The highest BCUT2D eigenvalue weighted by Gasteiger charge is 2.53. The second kappa shape index (κ2) is 7.08. The lowest BCUT2D eigenvalue weighted by Gasteiger charge is -2.50. The highest BCUT2D eigenvalue weighted by Crippen LogP contribution is 2.52. The number of hydrogen-bond donors (Lipinski definition) is 1. The maximum Gasteiger partial charge on any atom is 0.209 e. The van der Waals surface area contributed by atoms with Crippen LogP contribution in [-0.4, -0.2) is 43.2 Å². The van der Waals surface area contributed by atoms with Gasteiger partial charge in [-0.15, -0.1) is 11.3 Å². The summed E-state index contributed by atoms with van der Waals surface area (Å²) >= 11 is 1.77. The second-order valence-electron chi connectivity index (χ2n) is 8.02. The third-order valence-corrected chi connectivity index (χ3v) is 7.27. The molecule has 1 saturated heterocycles. The van der Waals surface area contributed by atoms with Crippen molar-refractivity contribution < 1.29 is 14.4 Å². The van der Waals surface area contributed by atoms with Crippen molar-refractivity contribution >= 4 is 17.0 Å². The van der Waals surface area contributed by atoms with Gasteiger partial charge in [-0.3, -0.25) is 0 Å². The Labute approximate surface area is 170 Å². The minimum Gasteiger partial charge on any atom is -0.493 e. The Morgan fingerprint density at radius 3 is 2.86 bits per heavy atom. The molecule has 2 aromatic rings. The Bertz CT molecular complexity index is 872. The fraction of sp³-hybridized carbons (Fsp3) is 0.500. The number of ether oxygens (including phenoxy) is 2. The number of fused-ring (bicyclic) bond motifs is 4. The number of hydrogen-bond acceptors (Lipinski definition) is 5. The van der Waals surface area contributed by atoms with Crippen molar-refractivity contribution in [2.75, 3.05) is 26.7 Å². The van der Waals surface area contributed by atoms with Crippen LogP contribution in [0.5, 0.6) is 11.5 Å². The third kappa shape index (κ3) is 2.81. The molecule has 0 bridgehead atoms. The van der Waals surface area contributed by atoms with Gasteiger partial charge < -0.3 is 14.4 Å². The largest absolute Gasteiger partial charge is 0.493 e. The highest BCUT2D eigenvalue weighted by atomic mass is 32.1. The van der Waals surface area contributed by atoms with E-state index in [1.54, 1.807) is 23.3 Å². The summed E-state index contributed by atoms with van der Waals surface area (Å²) in [6, 6.07) is 10.8. The summed E-state index contributed by atoms with van der Waals surface area (Å²) in [5.74, 6) is 1.76. The summed E-state index contributed by atoms with van der Waals surface area (Å²) in [7, 11) is 1.73. The average molecular weight is 399 g/mol. The van der Waals surface area contributed by atoms with Crippen molar-refractivity contribution in [1.29, 1.82) is 0 Å². The van der Waals surface area contributed by atoms with Crippen LogP contribution in [-0.2, 0) is 0 Å². The number of benzene rings is 1. The zero-order valence-corrected chi connectivity index (χ0v) is 17.4. The van der Waals surface area contributed by atoms with Gasteiger partial charge in [0.2, 0.25) is 5.72 Å². The lowest BCUT2D eigenvalue weighted by atomic mass is 9.91. The summed E-state index contributed by atoms with van der Waals surface area (Å²) in [5.41, 5.74) is 2.02. The van der Waals surface area contributed by atoms with Crippen LogP contribution in [0.3, 0.4) is 0 Å². The van der Waals surface area contributed by atoms with Crippen molar-refractivity contribution in [2.45, 2.75) is 44.4 Å². The van der Waals surface area contributed by atoms with Gasteiger partial charge in [0.1, 0.15) is 0 Å². The molecule has 3 aliphatic rings. The molecule has 0 saturated carbocycles. The molecule has 1 fully saturated rings. The number of piperidine rings is 1. The minimum atomic E-state index is -0.359. The van der Waals surface area contributed by atoms with E-state index >= 15 is 0 Å². The van der Waals surface area contributed by atoms with Crippen molar-refractivity contribution in [3.63, 3.8) is 0 Å². The normalized spacial score (nSPS) is 28.5. The van der Waals surface area contributed by atoms with E-state index in [4.69, 9.17) is 14.6 Å². The zero-order valence-electron chi connectivity index (χ0n) is 16.6. The molecule has 0 aliphatic carbocycles. The third-order valence-electron chi connectivity index (χ3n) is 6.36. The highest BCUT2D eigenvalue weighted by molar-refractivity contribution is 7.12. The second-order valence-corrected chi connectivity index (χ2v) is 8.96. The van der Waals surface area contributed by atoms with Gasteiger partial charge in [-0.05, 0) is 23.9 Å². The number of methoxy groups -OCH3 is 1. The maximum absolute atomic E-state index is 6.77. The van der Waals surface area contributed by atoms with Gasteiger partial charge >= 0.3 is 0 Å². The summed E-state index contributed by atoms with van der Waals surface area (Å²) in [4.78, 5) is 2.95. The van der Waals surface area contributed by atoms with Crippen LogP contribution < -0.4 is 14.4 Å². The first kappa shape index (κ1) is 18.0. The molecule has 0 radical (unpaired) electrons. The molecular formula is C22H28N3O2S+. The molecule has 5 nitrogen and oxygen atoms in total. The molecule has 0 unspecified atom stereocenters. The number of rotatable bonds is 4. The Hall–Kier alpha value is -2.05. The van der Waals surface area contributed by atoms with Gasteiger partial charge in [0.15, 0.2) is 11.5 Å². The summed E-state index contributed by atoms with van der Waals surface area (Å²) < 4.78 is 12.4. The monoisotopic (exact) mass is 398 g/mol. The lowest BCUT2D eigenvalue weighted by Crippen LogP contribution is -3.14. The Balaban J connectivity index is 1.55. The van der Waals surface area contributed by atoms with Crippen LogP contribution in [0.15, 0.2) is 40.8 Å². The lowest BCUT2D eigenvalue weighted by molar-refractivity contribution is -0.908. The number of quaternary nitrogens is 1. The van der Waals surface area contributed by atoms with Crippen LogP contribution in [0, 0.1) is 0 Å². The van der Waals surface area contributed by atoms with Gasteiger partial charge in [0, 0.05) is 12.0 Å². The summed E-state index contributed by atoms with van der Waals surface area (Å²) in [6.45, 7) is 5.77. The topological polar surface area (TPSA) is 38.5 Å². The fourth-order valence-electron chi connectivity index (χ4n) is 4.95. The smallest absolute Gasteiger partial charge is 0.209 e. The van der Waals surface area contributed by atoms with E-state index in [2.05, 4.69) is 41.6 Å². The zero-order chi connectivity index (χ0) is 19.1. The predicted molar refractivity (Wildman–Crippen MR) is 111 cm³/mol. The first-order valence-corrected chi connectivity index (χ1v) is 11.2. The van der Waals surface area contributed by atoms with Crippen LogP contribution in [0.1, 0.15) is 49.1 Å². The maximum atomic E-state index is 6.77. The SMILES string of the molecule is CCC[NH+]1CCC2(CC1)Oc1c(OC)cccc1[C@H]1CC(c3cccs3)=NN12. The molecule has 1 aromatic heterocycles. The van der Waals surface area contributed by atoms with E-state index in [1.807, 2.05) is 6.07 Å². The number of nitrogens with one attached hydrogen (secondary N) is 1. The molecule has 5 rings (SSSR count). The molecule has 1 spiro atoms. The van der Waals surface area contributed by atoms with Crippen LogP contribution >= 0.6 is 11.3 Å². The number of likely N-dealkylation sites (tertiary alicyclic amines) is 1. The molecule has 28 heavy (non-hydrogen) atoms. The molecule has 4 heterocycles. The van der Waals surface area contributed by atoms with E-state index in [9.17, 15) is 0 Å². The van der Waals surface area contributed by atoms with Crippen molar-refractivity contribution in [3.05, 3.63) is 46.2 Å². The summed E-state index contributed by atoms with van der Waals surface area (Å²) in [5, 5.41) is 9.57. The Morgan fingerprint density at radius 1 is 1.29 bits per heavy atom. The molecule has 6 heteroatoms. The van der Waals surface area contributed by atoms with Gasteiger partial charge in [-0.25, -0.2) is 5.01 Å². The number of nitrogens with zero attached hydrogens (tertiary/aromatic N) is 2. The molecule has 1 N–H and O–H groups in total. The van der Waals surface area contributed by atoms with Gasteiger partial charge in [-0.2, -0.15) is 5.10 Å². The van der Waals surface area contributed by atoms with Gasteiger partial charge in [0.05, 0.1) is 56.2 Å². The van der Waals surface area contributed by atoms with Gasteiger partial charge in [0.25, 0.3) is 0 Å². The van der Waals surface area contributed by atoms with Crippen LogP contribution in [0.2, 0.25) is 0 Å². The van der Waals surface area contributed by atoms with Crippen LogP contribution in [0.4, 0.5) is 0 Å². The van der Waals surface area contributed by atoms with Crippen molar-refractivity contribution in [2.24, 2.45) is 5.10 Å². The quantitative estimate of drug-likeness (QED) is 0.860. The molecule has 3 aliphatic heterocycles. The predicted octanol–water partition coefficient (Wildman–Crippen LogP) is 3.09. The van der Waals surface area contributed by atoms with E-state index in [0.29, 0.717) is 0 Å². The van der Waals surface area contributed by atoms with Crippen molar-refractivity contribution in [3.8, 4) is 11.5 Å². The number of thiophene rings is 1. The average Bonchev–Trinajstić information content (AvgIpc) is 3.40. The van der Waals surface area contributed by atoms with E-state index < -0.39 is 0 Å². The first-order valence-electron chi connectivity index (χ1n) is 10.3.